The van der Waals surface area contributed by atoms with E-state index < -0.39 is 18.6 Å². The smallest absolute Gasteiger partial charge is 0.351 e. The Balaban J connectivity index is 2.19. The van der Waals surface area contributed by atoms with Crippen LogP contribution in [0.3, 0.4) is 0 Å². The topological polar surface area (TPSA) is 59.0 Å². The van der Waals surface area contributed by atoms with Crippen molar-refractivity contribution in [2.45, 2.75) is 25.7 Å². The predicted molar refractivity (Wildman–Crippen MR) is 58.8 cm³/mol. The van der Waals surface area contributed by atoms with Crippen LogP contribution in [0.2, 0.25) is 0 Å². The molecule has 5 nitrogen and oxygen atoms in total. The SMILES string of the molecule is CC(Cn1ccnc1)NC(=O)CNCC(F)(F)F. The van der Waals surface area contributed by atoms with Crippen molar-refractivity contribution in [2.24, 2.45) is 0 Å². The summed E-state index contributed by atoms with van der Waals surface area (Å²) < 4.78 is 37.2. The monoisotopic (exact) mass is 264 g/mol. The first-order chi connectivity index (χ1) is 8.37. The van der Waals surface area contributed by atoms with Crippen LogP contribution in [0.5, 0.6) is 0 Å². The number of alkyl halides is 3. The minimum absolute atomic E-state index is 0.181. The number of nitrogens with zero attached hydrogens (tertiary/aromatic N) is 2. The Morgan fingerprint density at radius 3 is 2.78 bits per heavy atom. The Morgan fingerprint density at radius 1 is 1.50 bits per heavy atom. The van der Waals surface area contributed by atoms with Gasteiger partial charge in [-0.15, -0.1) is 0 Å². The van der Waals surface area contributed by atoms with Gasteiger partial charge in [-0.25, -0.2) is 4.98 Å². The summed E-state index contributed by atoms with van der Waals surface area (Å²) in [5, 5.41) is 4.62. The molecule has 0 aliphatic carbocycles. The van der Waals surface area contributed by atoms with Crippen LogP contribution in [0.15, 0.2) is 18.7 Å². The predicted octanol–water partition coefficient (Wildman–Crippen LogP) is 0.540. The van der Waals surface area contributed by atoms with Gasteiger partial charge in [-0.2, -0.15) is 13.2 Å². The van der Waals surface area contributed by atoms with Crippen LogP contribution in [0.4, 0.5) is 13.2 Å². The molecule has 18 heavy (non-hydrogen) atoms. The van der Waals surface area contributed by atoms with E-state index in [1.54, 1.807) is 30.2 Å². The number of hydrogen-bond donors (Lipinski definition) is 2. The van der Waals surface area contributed by atoms with E-state index in [1.165, 1.54) is 0 Å². The van der Waals surface area contributed by atoms with Gasteiger partial charge >= 0.3 is 6.18 Å². The van der Waals surface area contributed by atoms with Gasteiger partial charge in [0, 0.05) is 25.0 Å². The van der Waals surface area contributed by atoms with E-state index in [-0.39, 0.29) is 12.6 Å². The molecule has 0 radical (unpaired) electrons. The third-order valence-electron chi connectivity index (χ3n) is 2.06. The fourth-order valence-corrected chi connectivity index (χ4v) is 1.40. The van der Waals surface area contributed by atoms with Crippen LogP contribution in [0.25, 0.3) is 0 Å². The Labute approximate surface area is 102 Å². The number of nitrogens with one attached hydrogen (secondary N) is 2. The van der Waals surface area contributed by atoms with E-state index in [2.05, 4.69) is 10.3 Å². The highest BCUT2D eigenvalue weighted by Gasteiger charge is 2.26. The van der Waals surface area contributed by atoms with Gasteiger partial charge in [0.1, 0.15) is 0 Å². The third kappa shape index (κ3) is 6.24. The lowest BCUT2D eigenvalue weighted by Gasteiger charge is -2.15. The van der Waals surface area contributed by atoms with Gasteiger partial charge in [0.15, 0.2) is 0 Å². The first kappa shape index (κ1) is 14.5. The molecule has 1 heterocycles. The highest BCUT2D eigenvalue weighted by atomic mass is 19.4. The van der Waals surface area contributed by atoms with Crippen LogP contribution in [-0.2, 0) is 11.3 Å². The van der Waals surface area contributed by atoms with Gasteiger partial charge in [0.2, 0.25) is 5.91 Å². The first-order valence-corrected chi connectivity index (χ1v) is 5.39. The van der Waals surface area contributed by atoms with E-state index in [1.807, 2.05) is 5.32 Å². The first-order valence-electron chi connectivity index (χ1n) is 5.39. The second kappa shape index (κ2) is 6.39. The Kier molecular flexibility index (Phi) is 5.14. The second-order valence-corrected chi connectivity index (χ2v) is 3.95. The zero-order valence-corrected chi connectivity index (χ0v) is 9.87. The lowest BCUT2D eigenvalue weighted by atomic mass is 10.3. The average Bonchev–Trinajstić information content (AvgIpc) is 2.67. The number of carbonyl (C=O) groups excluding carboxylic acids is 1. The van der Waals surface area contributed by atoms with Crippen LogP contribution in [0.1, 0.15) is 6.92 Å². The number of imidazole rings is 1. The molecule has 1 atom stereocenters. The van der Waals surface area contributed by atoms with Crippen molar-refractivity contribution in [1.29, 1.82) is 0 Å². The molecule has 0 saturated heterocycles. The van der Waals surface area contributed by atoms with Crippen molar-refractivity contribution in [1.82, 2.24) is 20.2 Å². The van der Waals surface area contributed by atoms with Crippen LogP contribution in [0, 0.1) is 0 Å². The molecule has 0 aliphatic rings. The summed E-state index contributed by atoms with van der Waals surface area (Å²) in [4.78, 5) is 15.1. The van der Waals surface area contributed by atoms with E-state index in [0.29, 0.717) is 6.54 Å². The number of carbonyl (C=O) groups is 1. The Bertz CT molecular complexity index is 364. The molecule has 2 N–H and O–H groups in total. The Morgan fingerprint density at radius 2 is 2.22 bits per heavy atom. The highest BCUT2D eigenvalue weighted by molar-refractivity contribution is 5.78. The molecule has 1 amide bonds. The molecular weight excluding hydrogens is 249 g/mol. The molecule has 1 rings (SSSR count). The molecule has 0 aromatic carbocycles. The summed E-state index contributed by atoms with van der Waals surface area (Å²) in [5.41, 5.74) is 0. The summed E-state index contributed by atoms with van der Waals surface area (Å²) in [7, 11) is 0. The molecule has 0 bridgehead atoms. The minimum Gasteiger partial charge on any atom is -0.351 e. The maximum Gasteiger partial charge on any atom is 0.401 e. The zero-order valence-electron chi connectivity index (χ0n) is 9.87. The number of hydrogen-bond acceptors (Lipinski definition) is 3. The summed E-state index contributed by atoms with van der Waals surface area (Å²) in [6.45, 7) is 0.761. The number of aromatic nitrogens is 2. The average molecular weight is 264 g/mol. The molecular formula is C10H15F3N4O. The van der Waals surface area contributed by atoms with Gasteiger partial charge < -0.3 is 15.2 Å². The number of rotatable bonds is 6. The maximum atomic E-state index is 11.8. The summed E-state index contributed by atoms with van der Waals surface area (Å²) in [6.07, 6.45) is 0.650. The molecule has 0 fully saturated rings. The van der Waals surface area contributed by atoms with E-state index >= 15 is 0 Å². The highest BCUT2D eigenvalue weighted by Crippen LogP contribution is 2.11. The van der Waals surface area contributed by atoms with Crippen molar-refractivity contribution in [3.8, 4) is 0 Å². The fraction of sp³-hybridized carbons (Fsp3) is 0.600. The van der Waals surface area contributed by atoms with Crippen molar-refractivity contribution in [2.75, 3.05) is 13.1 Å². The third-order valence-corrected chi connectivity index (χ3v) is 2.06. The molecule has 0 spiro atoms. The lowest BCUT2D eigenvalue weighted by molar-refractivity contribution is -0.128. The number of halogens is 3. The van der Waals surface area contributed by atoms with E-state index in [0.717, 1.165) is 0 Å². The van der Waals surface area contributed by atoms with Crippen molar-refractivity contribution >= 4 is 5.91 Å². The summed E-state index contributed by atoms with van der Waals surface area (Å²) in [5.74, 6) is -0.466. The van der Waals surface area contributed by atoms with Crippen molar-refractivity contribution < 1.29 is 18.0 Å². The molecule has 8 heteroatoms. The largest absolute Gasteiger partial charge is 0.401 e. The molecule has 1 aromatic rings. The van der Waals surface area contributed by atoms with E-state index in [4.69, 9.17) is 0 Å². The molecule has 102 valence electrons. The normalized spacial score (nSPS) is 13.3. The molecule has 1 aromatic heterocycles. The fourth-order valence-electron chi connectivity index (χ4n) is 1.40. The van der Waals surface area contributed by atoms with Gasteiger partial charge in [-0.1, -0.05) is 0 Å². The summed E-state index contributed by atoms with van der Waals surface area (Å²) in [6, 6.07) is -0.181. The van der Waals surface area contributed by atoms with Gasteiger partial charge in [0.25, 0.3) is 0 Å². The van der Waals surface area contributed by atoms with E-state index in [9.17, 15) is 18.0 Å². The number of amides is 1. The minimum atomic E-state index is -4.30. The molecule has 0 saturated carbocycles. The molecule has 1 unspecified atom stereocenters. The van der Waals surface area contributed by atoms with Crippen LogP contribution >= 0.6 is 0 Å². The van der Waals surface area contributed by atoms with Gasteiger partial charge in [-0.05, 0) is 6.92 Å². The van der Waals surface area contributed by atoms with Crippen molar-refractivity contribution in [3.63, 3.8) is 0 Å². The van der Waals surface area contributed by atoms with Gasteiger partial charge in [0.05, 0.1) is 19.4 Å². The zero-order chi connectivity index (χ0) is 13.6. The standard InChI is InChI=1S/C10H15F3N4O/c1-8(5-17-3-2-14-7-17)16-9(18)4-15-6-10(11,12)13/h2-3,7-8,15H,4-6H2,1H3,(H,16,18). The Hall–Kier alpha value is -1.57. The van der Waals surface area contributed by atoms with Crippen molar-refractivity contribution in [3.05, 3.63) is 18.7 Å². The lowest BCUT2D eigenvalue weighted by Crippen LogP contribution is -2.42. The second-order valence-electron chi connectivity index (χ2n) is 3.95. The quantitative estimate of drug-likeness (QED) is 0.788. The van der Waals surface area contributed by atoms with Crippen LogP contribution < -0.4 is 10.6 Å². The summed E-state index contributed by atoms with van der Waals surface area (Å²) >= 11 is 0. The van der Waals surface area contributed by atoms with Crippen LogP contribution in [-0.4, -0.2) is 40.8 Å². The molecule has 0 aliphatic heterocycles. The maximum absolute atomic E-state index is 11.8. The van der Waals surface area contributed by atoms with Gasteiger partial charge in [-0.3, -0.25) is 4.79 Å².